The molecule has 32 nitrogen and oxygen atoms in total. The van der Waals surface area contributed by atoms with Gasteiger partial charge in [-0.15, -0.1) is 0 Å². The molecule has 548 valence electrons. The molecule has 0 aliphatic heterocycles. The Morgan fingerprint density at radius 1 is 0.460 bits per heavy atom. The minimum Gasteiger partial charge on any atom is -0.481 e. The number of nitrogens with zero attached hydrogens (tertiary/aromatic N) is 2. The molecule has 12 atom stereocenters. The quantitative estimate of drug-likeness (QED) is 0.0243. The van der Waals surface area contributed by atoms with E-state index in [0.29, 0.717) is 34.0 Å². The van der Waals surface area contributed by atoms with Gasteiger partial charge in [-0.1, -0.05) is 88.4 Å². The summed E-state index contributed by atoms with van der Waals surface area (Å²) in [6.45, 7) is 8.80. The Kier molecular flexibility index (Phi) is 35.9. The molecule has 0 spiro atoms. The molecule has 2 aromatic carbocycles. The second-order valence-electron chi connectivity index (χ2n) is 24.9. The SMILES string of the molecule is CSCC[C@H](NC(=O)[C@H](Cc1ccccc1)NC(=O)CNC(=O)[C@H](C)NC(=O)[C@H](Cc1ccccc1)NC(=O)[C@H](CC(C)C)NC(=O)[C@H](Cc1cnc[nH]1)NC(=O)[C@H](CCC(=O)O)NC(=O)[C@H](CC(C)C)NC(=O)[C@@H](NC(=O)[C@H](Cc1cnc[nH]1)NC(=O)[C@@H](N)CCSC)[C@@H](C)O)C(=O)O. The third kappa shape index (κ3) is 30.0. The van der Waals surface area contributed by atoms with Gasteiger partial charge in [0.15, 0.2) is 0 Å². The van der Waals surface area contributed by atoms with Gasteiger partial charge in [-0.3, -0.25) is 57.5 Å². The molecule has 4 aromatic rings. The average molecular weight is 1430 g/mol. The fourth-order valence-electron chi connectivity index (χ4n) is 10.1. The van der Waals surface area contributed by atoms with Crippen LogP contribution in [0.25, 0.3) is 0 Å². The Morgan fingerprint density at radius 2 is 0.860 bits per heavy atom. The molecule has 18 N–H and O–H groups in total. The maximum atomic E-state index is 14.7. The number of H-pyrrole nitrogens is 2. The smallest absolute Gasteiger partial charge is 0.326 e. The number of carbonyl (C=O) groups is 13. The standard InChI is InChI=1S/C66H96N16O16S2/c1-36(2)25-47(61(92)79-50(28-41-17-13-10-14-18-41)59(90)73-38(5)56(87)70-33-53(84)74-49(27-40-15-11-9-12-16-40)62(93)76-46(66(97)98)22-24-100-8)78-63(94)51(29-42-31-68-34-71-42)80-58(89)45(19-20-54(85)86)75-60(91)48(26-37(3)4)81-65(96)55(39(6)83)82-64(95)52(30-43-32-69-35-72-43)77-57(88)44(67)21-23-99-7/h9-18,31-32,34-39,44-52,55,83H,19-30,33,67H2,1-8H3,(H,68,71)(H,69,72)(H,70,87)(H,73,90)(H,74,84)(H,75,91)(H,76,93)(H,77,88)(H,78,94)(H,79,92)(H,80,89)(H,81,96)(H,82,95)(H,85,86)(H,97,98)/t38-,39+,44-,45-,46-,47-,48-,49-,50-,51-,52-,55-/m0/s1. The van der Waals surface area contributed by atoms with E-state index in [1.165, 1.54) is 62.4 Å². The molecule has 2 heterocycles. The minimum atomic E-state index is -1.73. The first-order chi connectivity index (χ1) is 47.5. The van der Waals surface area contributed by atoms with Gasteiger partial charge >= 0.3 is 11.9 Å². The maximum Gasteiger partial charge on any atom is 0.326 e. The zero-order valence-electron chi connectivity index (χ0n) is 57.3. The van der Waals surface area contributed by atoms with Gasteiger partial charge in [0.1, 0.15) is 60.4 Å². The molecule has 0 saturated carbocycles. The number of nitrogens with one attached hydrogen (secondary N) is 13. The normalized spacial score (nSPS) is 14.8. The van der Waals surface area contributed by atoms with Gasteiger partial charge in [0.2, 0.25) is 65.0 Å². The van der Waals surface area contributed by atoms with Crippen molar-refractivity contribution >= 4 is 100 Å². The van der Waals surface area contributed by atoms with Crippen LogP contribution in [-0.4, -0.2) is 215 Å². The van der Waals surface area contributed by atoms with Crippen molar-refractivity contribution in [3.63, 3.8) is 0 Å². The largest absolute Gasteiger partial charge is 0.481 e. The number of carbonyl (C=O) groups excluding carboxylic acids is 11. The molecule has 0 aliphatic carbocycles. The summed E-state index contributed by atoms with van der Waals surface area (Å²) in [5.74, 6) is -12.0. The summed E-state index contributed by atoms with van der Waals surface area (Å²) >= 11 is 2.86. The van der Waals surface area contributed by atoms with Crippen LogP contribution in [-0.2, 0) is 88.0 Å². The lowest BCUT2D eigenvalue weighted by Gasteiger charge is -2.29. The molecule has 0 bridgehead atoms. The first-order valence-electron chi connectivity index (χ1n) is 32.7. The van der Waals surface area contributed by atoms with E-state index in [1.54, 1.807) is 94.6 Å². The van der Waals surface area contributed by atoms with Gasteiger partial charge in [-0.2, -0.15) is 23.5 Å². The van der Waals surface area contributed by atoms with E-state index in [0.717, 1.165) is 0 Å². The number of benzene rings is 2. The van der Waals surface area contributed by atoms with Gasteiger partial charge in [0, 0.05) is 55.9 Å². The Balaban J connectivity index is 1.54. The number of imidazole rings is 2. The summed E-state index contributed by atoms with van der Waals surface area (Å²) in [5, 5.41) is 58.6. The van der Waals surface area contributed by atoms with Gasteiger partial charge in [0.25, 0.3) is 0 Å². The molecule has 4 rings (SSSR count). The number of aliphatic carboxylic acids is 2. The molecular formula is C66H96N16O16S2. The lowest BCUT2D eigenvalue weighted by Crippen LogP contribution is -2.62. The highest BCUT2D eigenvalue weighted by atomic mass is 32.2. The van der Waals surface area contributed by atoms with Crippen LogP contribution in [0.1, 0.15) is 103 Å². The molecule has 2 aromatic heterocycles. The predicted octanol–water partition coefficient (Wildman–Crippen LogP) is -1.36. The van der Waals surface area contributed by atoms with Crippen molar-refractivity contribution in [2.45, 2.75) is 178 Å². The Bertz CT molecular complexity index is 3310. The van der Waals surface area contributed by atoms with Crippen LogP contribution < -0.4 is 64.2 Å². The van der Waals surface area contributed by atoms with E-state index in [1.807, 2.05) is 6.26 Å². The first kappa shape index (κ1) is 83.0. The van der Waals surface area contributed by atoms with Crippen molar-refractivity contribution in [2.75, 3.05) is 30.6 Å². The fraction of sp³-hybridized carbons (Fsp3) is 0.530. The third-order valence-corrected chi connectivity index (χ3v) is 16.8. The number of aromatic amines is 2. The number of amides is 11. The number of nitrogens with two attached hydrogens (primary N) is 1. The highest BCUT2D eigenvalue weighted by Crippen LogP contribution is 2.14. The Morgan fingerprint density at radius 3 is 1.31 bits per heavy atom. The van der Waals surface area contributed by atoms with E-state index < -0.39 is 169 Å². The van der Waals surface area contributed by atoms with E-state index >= 15 is 0 Å². The highest BCUT2D eigenvalue weighted by Gasteiger charge is 2.38. The van der Waals surface area contributed by atoms with Crippen LogP contribution in [0.2, 0.25) is 0 Å². The molecule has 100 heavy (non-hydrogen) atoms. The molecule has 0 aliphatic rings. The molecule has 0 unspecified atom stereocenters. The minimum absolute atomic E-state index is 0.0202. The molecule has 34 heteroatoms. The molecule has 0 fully saturated rings. The van der Waals surface area contributed by atoms with Crippen LogP contribution in [0.3, 0.4) is 0 Å². The zero-order valence-corrected chi connectivity index (χ0v) is 58.9. The van der Waals surface area contributed by atoms with Crippen LogP contribution >= 0.6 is 23.5 Å². The second kappa shape index (κ2) is 43.2. The maximum absolute atomic E-state index is 14.7. The number of aliphatic hydroxyl groups excluding tert-OH is 1. The van der Waals surface area contributed by atoms with Gasteiger partial charge in [-0.05, 0) is 92.9 Å². The van der Waals surface area contributed by atoms with Crippen molar-refractivity contribution < 1.29 is 77.6 Å². The van der Waals surface area contributed by atoms with Crippen LogP contribution in [0, 0.1) is 11.8 Å². The topological polar surface area (TPSA) is 498 Å². The number of hydrogen-bond acceptors (Lipinski definition) is 19. The van der Waals surface area contributed by atoms with Crippen molar-refractivity contribution in [1.29, 1.82) is 0 Å². The van der Waals surface area contributed by atoms with Crippen molar-refractivity contribution in [3.8, 4) is 0 Å². The van der Waals surface area contributed by atoms with Crippen molar-refractivity contribution in [3.05, 3.63) is 108 Å². The lowest BCUT2D eigenvalue weighted by atomic mass is 10.00. The number of aromatic nitrogens is 4. The number of carboxylic acid groups (broad SMARTS) is 2. The fourth-order valence-corrected chi connectivity index (χ4v) is 11.0. The van der Waals surface area contributed by atoms with Crippen LogP contribution in [0.4, 0.5) is 0 Å². The summed E-state index contributed by atoms with van der Waals surface area (Å²) in [7, 11) is 0. The average Bonchev–Trinajstić information content (AvgIpc) is 1.16. The van der Waals surface area contributed by atoms with E-state index in [4.69, 9.17) is 5.73 Å². The molecule has 0 saturated heterocycles. The number of rotatable bonds is 45. The van der Waals surface area contributed by atoms with E-state index in [2.05, 4.69) is 78.4 Å². The zero-order chi connectivity index (χ0) is 74.0. The number of carboxylic acids is 2. The molecular weight excluding hydrogens is 1340 g/mol. The molecule has 11 amide bonds. The van der Waals surface area contributed by atoms with Gasteiger partial charge in [0.05, 0.1) is 31.3 Å². The predicted molar refractivity (Wildman–Crippen MR) is 372 cm³/mol. The Hall–Kier alpha value is -9.41. The first-order valence-corrected chi connectivity index (χ1v) is 35.5. The molecule has 0 radical (unpaired) electrons. The van der Waals surface area contributed by atoms with Crippen LogP contribution in [0.5, 0.6) is 0 Å². The highest BCUT2D eigenvalue weighted by molar-refractivity contribution is 7.98. The van der Waals surface area contributed by atoms with Crippen molar-refractivity contribution in [2.24, 2.45) is 17.6 Å². The second-order valence-corrected chi connectivity index (χ2v) is 26.8. The Labute approximate surface area is 588 Å². The lowest BCUT2D eigenvalue weighted by molar-refractivity contribution is -0.142. The third-order valence-electron chi connectivity index (χ3n) is 15.5. The van der Waals surface area contributed by atoms with Crippen LogP contribution in [0.15, 0.2) is 85.7 Å². The summed E-state index contributed by atoms with van der Waals surface area (Å²) in [4.78, 5) is 192. The number of aliphatic hydroxyl groups is 1. The summed E-state index contributed by atoms with van der Waals surface area (Å²) in [5.41, 5.74) is 8.06. The summed E-state index contributed by atoms with van der Waals surface area (Å²) in [6.07, 6.45) is 5.93. The monoisotopic (exact) mass is 1430 g/mol. The number of hydrogen-bond donors (Lipinski definition) is 17. The van der Waals surface area contributed by atoms with E-state index in [-0.39, 0.29) is 63.2 Å². The summed E-state index contributed by atoms with van der Waals surface area (Å²) in [6, 6.07) is 1.69. The van der Waals surface area contributed by atoms with Gasteiger partial charge in [-0.25, -0.2) is 14.8 Å². The van der Waals surface area contributed by atoms with E-state index in [9.17, 15) is 77.6 Å². The number of thioether (sulfide) groups is 2. The summed E-state index contributed by atoms with van der Waals surface area (Å²) < 4.78 is 0. The van der Waals surface area contributed by atoms with Gasteiger partial charge < -0.3 is 89.5 Å². The van der Waals surface area contributed by atoms with Crippen molar-refractivity contribution in [1.82, 2.24) is 78.4 Å².